The minimum Gasteiger partial charge on any atom is -0.375 e. The van der Waals surface area contributed by atoms with Crippen LogP contribution < -0.4 is 11.3 Å². The van der Waals surface area contributed by atoms with Crippen molar-refractivity contribution in [3.05, 3.63) is 22.1 Å². The van der Waals surface area contributed by atoms with Gasteiger partial charge in [0.1, 0.15) is 0 Å². The monoisotopic (exact) mass is 209 g/mol. The molecule has 15 heavy (non-hydrogen) atoms. The van der Waals surface area contributed by atoms with Crippen LogP contribution in [0.3, 0.4) is 0 Å². The van der Waals surface area contributed by atoms with Gasteiger partial charge >= 0.3 is 0 Å². The lowest BCUT2D eigenvalue weighted by Gasteiger charge is -2.07. The molecule has 0 saturated carbocycles. The minimum atomic E-state index is -0.261. The van der Waals surface area contributed by atoms with E-state index in [1.165, 1.54) is 10.6 Å². The van der Waals surface area contributed by atoms with E-state index in [1.807, 2.05) is 0 Å². The molecule has 2 aromatic rings. The molecule has 7 heteroatoms. The molecule has 2 aromatic heterocycles. The number of methoxy groups -OCH3 is 1. The number of nitrogen functional groups attached to an aromatic ring is 1. The Labute approximate surface area is 84.9 Å². The molecule has 0 spiro atoms. The van der Waals surface area contributed by atoms with Gasteiger partial charge in [-0.25, -0.2) is 4.98 Å². The summed E-state index contributed by atoms with van der Waals surface area (Å²) in [6, 6.07) is 1.39. The lowest BCUT2D eigenvalue weighted by molar-refractivity contribution is 0.116. The van der Waals surface area contributed by atoms with Crippen LogP contribution in [-0.4, -0.2) is 26.7 Å². The van der Waals surface area contributed by atoms with Crippen molar-refractivity contribution >= 4 is 11.7 Å². The Hall–Kier alpha value is -1.89. The predicted molar refractivity (Wildman–Crippen MR) is 53.4 cm³/mol. The number of hydrogen-bond acceptors (Lipinski definition) is 5. The molecular weight excluding hydrogens is 198 g/mol. The van der Waals surface area contributed by atoms with Crippen molar-refractivity contribution in [2.45, 2.75) is 13.0 Å². The maximum absolute atomic E-state index is 11.6. The van der Waals surface area contributed by atoms with Crippen LogP contribution in [-0.2, 0) is 4.74 Å². The summed E-state index contributed by atoms with van der Waals surface area (Å²) in [7, 11) is 1.55. The molecule has 0 saturated heterocycles. The molecule has 0 fully saturated rings. The molecule has 3 N–H and O–H groups in total. The number of H-pyrrole nitrogens is 1. The van der Waals surface area contributed by atoms with Crippen LogP contribution in [0, 0.1) is 0 Å². The zero-order valence-corrected chi connectivity index (χ0v) is 8.39. The highest BCUT2D eigenvalue weighted by Gasteiger charge is 2.10. The summed E-state index contributed by atoms with van der Waals surface area (Å²) in [5, 5.41) is 2.58. The third-order valence-corrected chi connectivity index (χ3v) is 2.14. The number of rotatable bonds is 2. The molecule has 0 aliphatic rings. The van der Waals surface area contributed by atoms with Crippen molar-refractivity contribution < 1.29 is 4.74 Å². The van der Waals surface area contributed by atoms with Gasteiger partial charge in [-0.1, -0.05) is 0 Å². The minimum absolute atomic E-state index is 0.154. The maximum atomic E-state index is 11.6. The second-order valence-corrected chi connectivity index (χ2v) is 3.14. The Kier molecular flexibility index (Phi) is 2.16. The molecule has 1 unspecified atom stereocenters. The SMILES string of the molecule is COC(C)c1cc(=O)n2[nH]c(N)nc2n1. The Morgan fingerprint density at radius 1 is 1.60 bits per heavy atom. The van der Waals surface area contributed by atoms with E-state index in [0.29, 0.717) is 5.69 Å². The average Bonchev–Trinajstić information content (AvgIpc) is 2.58. The average molecular weight is 209 g/mol. The highest BCUT2D eigenvalue weighted by molar-refractivity contribution is 5.34. The Balaban J connectivity index is 2.66. The highest BCUT2D eigenvalue weighted by Crippen LogP contribution is 2.11. The molecular formula is C8H11N5O2. The van der Waals surface area contributed by atoms with Crippen molar-refractivity contribution in [2.75, 3.05) is 12.8 Å². The van der Waals surface area contributed by atoms with Crippen LogP contribution in [0.4, 0.5) is 5.95 Å². The first kappa shape index (κ1) is 9.66. The lowest BCUT2D eigenvalue weighted by Crippen LogP contribution is -2.17. The fourth-order valence-corrected chi connectivity index (χ4v) is 1.24. The normalized spacial score (nSPS) is 13.2. The lowest BCUT2D eigenvalue weighted by atomic mass is 10.3. The Bertz CT molecular complexity index is 543. The first-order valence-corrected chi connectivity index (χ1v) is 4.40. The zero-order chi connectivity index (χ0) is 11.0. The fourth-order valence-electron chi connectivity index (χ4n) is 1.24. The van der Waals surface area contributed by atoms with Gasteiger partial charge in [0.05, 0.1) is 11.8 Å². The van der Waals surface area contributed by atoms with E-state index >= 15 is 0 Å². The molecule has 0 aliphatic heterocycles. The Morgan fingerprint density at radius 3 is 3.00 bits per heavy atom. The third-order valence-electron chi connectivity index (χ3n) is 2.14. The van der Waals surface area contributed by atoms with Gasteiger partial charge in [-0.15, -0.1) is 0 Å². The predicted octanol–water partition coefficient (Wildman–Crippen LogP) is -0.293. The molecule has 0 aromatic carbocycles. The summed E-state index contributed by atoms with van der Waals surface area (Å²) in [6.07, 6.45) is -0.249. The van der Waals surface area contributed by atoms with Gasteiger partial charge in [0.25, 0.3) is 11.3 Å². The van der Waals surface area contributed by atoms with E-state index in [9.17, 15) is 4.79 Å². The number of ether oxygens (including phenoxy) is 1. The van der Waals surface area contributed by atoms with Crippen LogP contribution in [0.5, 0.6) is 0 Å². The topological polar surface area (TPSA) is 98.3 Å². The molecule has 7 nitrogen and oxygen atoms in total. The summed E-state index contributed by atoms with van der Waals surface area (Å²) in [4.78, 5) is 19.6. The number of anilines is 1. The van der Waals surface area contributed by atoms with Crippen LogP contribution >= 0.6 is 0 Å². The first-order valence-electron chi connectivity index (χ1n) is 4.40. The number of hydrogen-bond donors (Lipinski definition) is 2. The molecule has 2 heterocycles. The van der Waals surface area contributed by atoms with Crippen molar-refractivity contribution in [2.24, 2.45) is 0 Å². The number of fused-ring (bicyclic) bond motifs is 1. The first-order chi connectivity index (χ1) is 7.11. The van der Waals surface area contributed by atoms with Crippen molar-refractivity contribution in [3.8, 4) is 0 Å². The van der Waals surface area contributed by atoms with Crippen LogP contribution in [0.1, 0.15) is 18.7 Å². The van der Waals surface area contributed by atoms with Gasteiger partial charge in [-0.2, -0.15) is 9.50 Å². The van der Waals surface area contributed by atoms with E-state index in [4.69, 9.17) is 10.5 Å². The summed E-state index contributed by atoms with van der Waals surface area (Å²) in [5.41, 5.74) is 5.70. The molecule has 0 radical (unpaired) electrons. The molecule has 1 atom stereocenters. The van der Waals surface area contributed by atoms with E-state index in [2.05, 4.69) is 15.1 Å². The summed E-state index contributed by atoms with van der Waals surface area (Å²) < 4.78 is 6.25. The van der Waals surface area contributed by atoms with Crippen molar-refractivity contribution in [1.82, 2.24) is 19.6 Å². The standard InChI is InChI=1S/C8H11N5O2/c1-4(15-2)5-3-6(14)13-8(10-5)11-7(9)12-13/h3-4H,1-2H3,(H3,9,10,11,12). The Morgan fingerprint density at radius 2 is 2.33 bits per heavy atom. The van der Waals surface area contributed by atoms with Gasteiger partial charge in [0, 0.05) is 13.2 Å². The van der Waals surface area contributed by atoms with Crippen LogP contribution in [0.15, 0.2) is 10.9 Å². The summed E-state index contributed by atoms with van der Waals surface area (Å²) in [5.74, 6) is 0.403. The number of aromatic nitrogens is 4. The maximum Gasteiger partial charge on any atom is 0.274 e. The smallest absolute Gasteiger partial charge is 0.274 e. The van der Waals surface area contributed by atoms with Gasteiger partial charge in [-0.05, 0) is 6.92 Å². The van der Waals surface area contributed by atoms with Gasteiger partial charge in [0.15, 0.2) is 0 Å². The molecule has 0 amide bonds. The van der Waals surface area contributed by atoms with E-state index in [0.717, 1.165) is 0 Å². The number of aromatic amines is 1. The van der Waals surface area contributed by atoms with Gasteiger partial charge < -0.3 is 10.5 Å². The molecule has 0 aliphatic carbocycles. The van der Waals surface area contributed by atoms with E-state index < -0.39 is 0 Å². The van der Waals surface area contributed by atoms with Crippen molar-refractivity contribution in [1.29, 1.82) is 0 Å². The molecule has 2 rings (SSSR count). The number of nitrogens with two attached hydrogens (primary N) is 1. The largest absolute Gasteiger partial charge is 0.375 e. The second-order valence-electron chi connectivity index (χ2n) is 3.14. The highest BCUT2D eigenvalue weighted by atomic mass is 16.5. The molecule has 0 bridgehead atoms. The number of nitrogens with one attached hydrogen (secondary N) is 1. The quantitative estimate of drug-likeness (QED) is 0.708. The fraction of sp³-hybridized carbons (Fsp3) is 0.375. The van der Waals surface area contributed by atoms with E-state index in [-0.39, 0.29) is 23.4 Å². The summed E-state index contributed by atoms with van der Waals surface area (Å²) in [6.45, 7) is 1.80. The zero-order valence-electron chi connectivity index (χ0n) is 8.39. The second kappa shape index (κ2) is 3.35. The van der Waals surface area contributed by atoms with Crippen LogP contribution in [0.2, 0.25) is 0 Å². The third kappa shape index (κ3) is 1.57. The van der Waals surface area contributed by atoms with Crippen molar-refractivity contribution in [3.63, 3.8) is 0 Å². The molecule has 80 valence electrons. The van der Waals surface area contributed by atoms with E-state index in [1.54, 1.807) is 14.0 Å². The van der Waals surface area contributed by atoms with Crippen LogP contribution in [0.25, 0.3) is 5.78 Å². The number of nitrogens with zero attached hydrogens (tertiary/aromatic N) is 3. The van der Waals surface area contributed by atoms with Gasteiger partial charge in [-0.3, -0.25) is 9.89 Å². The summed E-state index contributed by atoms with van der Waals surface area (Å²) >= 11 is 0. The van der Waals surface area contributed by atoms with Gasteiger partial charge in [0.2, 0.25) is 5.95 Å².